The molecule has 0 heterocycles. The van der Waals surface area contributed by atoms with Crippen molar-refractivity contribution in [1.29, 1.82) is 0 Å². The normalized spacial score (nSPS) is 10.2. The van der Waals surface area contributed by atoms with E-state index in [1.54, 1.807) is 24.3 Å². The Morgan fingerprint density at radius 2 is 1.86 bits per heavy atom. The summed E-state index contributed by atoms with van der Waals surface area (Å²) in [6.45, 7) is 0.148. The van der Waals surface area contributed by atoms with Crippen LogP contribution in [0.15, 0.2) is 36.4 Å². The van der Waals surface area contributed by atoms with E-state index in [9.17, 15) is 9.90 Å². The number of carbonyl (C=O) groups excluding carboxylic acids is 1. The van der Waals surface area contributed by atoms with E-state index < -0.39 is 5.97 Å². The minimum absolute atomic E-state index is 0.0700. The van der Waals surface area contributed by atoms with Gasteiger partial charge < -0.3 is 14.6 Å². The first-order chi connectivity index (χ1) is 10.0. The maximum absolute atomic E-state index is 11.4. The second kappa shape index (κ2) is 6.70. The second-order valence-electron chi connectivity index (χ2n) is 4.16. The van der Waals surface area contributed by atoms with Crippen LogP contribution >= 0.6 is 23.2 Å². The van der Waals surface area contributed by atoms with Crippen LogP contribution in [0.1, 0.15) is 15.9 Å². The summed E-state index contributed by atoms with van der Waals surface area (Å²) in [5, 5.41) is 10.8. The van der Waals surface area contributed by atoms with Crippen LogP contribution in [0.2, 0.25) is 10.0 Å². The molecule has 2 aromatic carbocycles. The van der Waals surface area contributed by atoms with Gasteiger partial charge in [-0.3, -0.25) is 0 Å². The third-order valence-electron chi connectivity index (χ3n) is 2.82. The minimum atomic E-state index is -0.617. The van der Waals surface area contributed by atoms with Crippen LogP contribution < -0.4 is 4.74 Å². The highest BCUT2D eigenvalue weighted by molar-refractivity contribution is 6.35. The molecule has 0 fully saturated rings. The molecule has 0 aliphatic carbocycles. The van der Waals surface area contributed by atoms with Crippen LogP contribution in [0.5, 0.6) is 11.5 Å². The van der Waals surface area contributed by atoms with Gasteiger partial charge in [0.25, 0.3) is 0 Å². The first kappa shape index (κ1) is 15.5. The summed E-state index contributed by atoms with van der Waals surface area (Å²) in [5.74, 6) is -0.450. The lowest BCUT2D eigenvalue weighted by atomic mass is 10.2. The predicted molar refractivity (Wildman–Crippen MR) is 80.2 cm³/mol. The Labute approximate surface area is 131 Å². The van der Waals surface area contributed by atoms with Gasteiger partial charge in [-0.2, -0.15) is 0 Å². The molecule has 2 aromatic rings. The number of phenols is 1. The number of methoxy groups -OCH3 is 1. The molecular weight excluding hydrogens is 315 g/mol. The van der Waals surface area contributed by atoms with Crippen LogP contribution in [-0.4, -0.2) is 18.2 Å². The van der Waals surface area contributed by atoms with Gasteiger partial charge in [0.1, 0.15) is 23.7 Å². The molecule has 0 aromatic heterocycles. The molecule has 0 bridgehead atoms. The standard InChI is InChI=1S/C15H12Cl2O4/c1-20-15(19)10-6-5-9(7-14(10)18)21-8-11-12(16)3-2-4-13(11)17/h2-7,18H,8H2,1H3. The van der Waals surface area contributed by atoms with Crippen molar-refractivity contribution in [2.45, 2.75) is 6.61 Å². The largest absolute Gasteiger partial charge is 0.507 e. The van der Waals surface area contributed by atoms with Crippen LogP contribution in [0.4, 0.5) is 0 Å². The Morgan fingerprint density at radius 3 is 2.43 bits per heavy atom. The number of benzene rings is 2. The zero-order chi connectivity index (χ0) is 15.4. The zero-order valence-electron chi connectivity index (χ0n) is 11.1. The minimum Gasteiger partial charge on any atom is -0.507 e. The highest BCUT2D eigenvalue weighted by Gasteiger charge is 2.13. The van der Waals surface area contributed by atoms with Crippen molar-refractivity contribution < 1.29 is 19.4 Å². The van der Waals surface area contributed by atoms with Gasteiger partial charge in [-0.25, -0.2) is 4.79 Å². The summed E-state index contributed by atoms with van der Waals surface area (Å²) < 4.78 is 10.1. The van der Waals surface area contributed by atoms with Crippen molar-refractivity contribution in [3.8, 4) is 11.5 Å². The molecule has 1 N–H and O–H groups in total. The van der Waals surface area contributed by atoms with Gasteiger partial charge in [0.15, 0.2) is 0 Å². The van der Waals surface area contributed by atoms with Gasteiger partial charge in [-0.05, 0) is 24.3 Å². The summed E-state index contributed by atoms with van der Waals surface area (Å²) in [5.41, 5.74) is 0.720. The summed E-state index contributed by atoms with van der Waals surface area (Å²) in [7, 11) is 1.24. The molecule has 4 nitrogen and oxygen atoms in total. The van der Waals surface area contributed by atoms with Crippen LogP contribution in [-0.2, 0) is 11.3 Å². The van der Waals surface area contributed by atoms with E-state index in [1.165, 1.54) is 19.2 Å². The molecule has 0 saturated heterocycles. The molecular formula is C15H12Cl2O4. The Bertz CT molecular complexity index is 650. The quantitative estimate of drug-likeness (QED) is 0.860. The smallest absolute Gasteiger partial charge is 0.341 e. The summed E-state index contributed by atoms with van der Waals surface area (Å²) in [6, 6.07) is 9.47. The number of halogens is 2. The lowest BCUT2D eigenvalue weighted by Crippen LogP contribution is -2.02. The summed E-state index contributed by atoms with van der Waals surface area (Å²) >= 11 is 12.1. The van der Waals surface area contributed by atoms with E-state index in [0.717, 1.165) is 0 Å². The molecule has 2 rings (SSSR count). The van der Waals surface area contributed by atoms with Gasteiger partial charge in [0, 0.05) is 21.7 Å². The van der Waals surface area contributed by atoms with Crippen molar-refractivity contribution >= 4 is 29.2 Å². The van der Waals surface area contributed by atoms with Crippen molar-refractivity contribution in [3.63, 3.8) is 0 Å². The first-order valence-corrected chi connectivity index (χ1v) is 6.75. The number of ether oxygens (including phenoxy) is 2. The number of carbonyl (C=O) groups is 1. The van der Waals surface area contributed by atoms with Crippen molar-refractivity contribution in [1.82, 2.24) is 0 Å². The van der Waals surface area contributed by atoms with E-state index >= 15 is 0 Å². The fraction of sp³-hybridized carbons (Fsp3) is 0.133. The number of phenolic OH excluding ortho intramolecular Hbond substituents is 1. The molecule has 0 amide bonds. The van der Waals surface area contributed by atoms with Gasteiger partial charge in [0.05, 0.1) is 7.11 Å². The first-order valence-electron chi connectivity index (χ1n) is 6.00. The summed E-state index contributed by atoms with van der Waals surface area (Å²) in [6.07, 6.45) is 0. The average Bonchev–Trinajstić information content (AvgIpc) is 2.46. The maximum Gasteiger partial charge on any atom is 0.341 e. The van der Waals surface area contributed by atoms with Crippen molar-refractivity contribution in [2.75, 3.05) is 7.11 Å². The predicted octanol–water partition coefficient (Wildman–Crippen LogP) is 4.06. The monoisotopic (exact) mass is 326 g/mol. The number of aromatic hydroxyl groups is 1. The molecule has 0 spiro atoms. The third kappa shape index (κ3) is 3.60. The van der Waals surface area contributed by atoms with E-state index in [-0.39, 0.29) is 17.9 Å². The van der Waals surface area contributed by atoms with Gasteiger partial charge in [-0.15, -0.1) is 0 Å². The highest BCUT2D eigenvalue weighted by Crippen LogP contribution is 2.28. The lowest BCUT2D eigenvalue weighted by molar-refractivity contribution is 0.0597. The van der Waals surface area contributed by atoms with Crippen LogP contribution in [0, 0.1) is 0 Å². The lowest BCUT2D eigenvalue weighted by Gasteiger charge is -2.10. The molecule has 21 heavy (non-hydrogen) atoms. The van der Waals surface area contributed by atoms with Crippen LogP contribution in [0.3, 0.4) is 0 Å². The molecule has 110 valence electrons. The Kier molecular flexibility index (Phi) is 4.94. The third-order valence-corrected chi connectivity index (χ3v) is 3.53. The van der Waals surface area contributed by atoms with E-state index in [2.05, 4.69) is 4.74 Å². The average molecular weight is 327 g/mol. The highest BCUT2D eigenvalue weighted by atomic mass is 35.5. The Hall–Kier alpha value is -1.91. The zero-order valence-corrected chi connectivity index (χ0v) is 12.6. The molecule has 0 atom stereocenters. The molecule has 0 saturated carbocycles. The van der Waals surface area contributed by atoms with Crippen LogP contribution in [0.25, 0.3) is 0 Å². The Morgan fingerprint density at radius 1 is 1.19 bits per heavy atom. The Balaban J connectivity index is 2.14. The molecule has 0 aliphatic rings. The van der Waals surface area contributed by atoms with E-state index in [0.29, 0.717) is 21.4 Å². The van der Waals surface area contributed by atoms with Gasteiger partial charge in [0.2, 0.25) is 0 Å². The molecule has 6 heteroatoms. The number of rotatable bonds is 4. The molecule has 0 unspecified atom stereocenters. The van der Waals surface area contributed by atoms with Crippen molar-refractivity contribution in [3.05, 3.63) is 57.6 Å². The van der Waals surface area contributed by atoms with Crippen molar-refractivity contribution in [2.24, 2.45) is 0 Å². The SMILES string of the molecule is COC(=O)c1ccc(OCc2c(Cl)cccc2Cl)cc1O. The van der Waals surface area contributed by atoms with Gasteiger partial charge in [-0.1, -0.05) is 29.3 Å². The maximum atomic E-state index is 11.4. The molecule has 0 radical (unpaired) electrons. The topological polar surface area (TPSA) is 55.8 Å². The van der Waals surface area contributed by atoms with E-state index in [1.807, 2.05) is 0 Å². The van der Waals surface area contributed by atoms with Gasteiger partial charge >= 0.3 is 5.97 Å². The second-order valence-corrected chi connectivity index (χ2v) is 4.97. The fourth-order valence-corrected chi connectivity index (χ4v) is 2.22. The number of hydrogen-bond acceptors (Lipinski definition) is 4. The van der Waals surface area contributed by atoms with E-state index in [4.69, 9.17) is 27.9 Å². The number of esters is 1. The number of hydrogen-bond donors (Lipinski definition) is 1. The fourth-order valence-electron chi connectivity index (χ4n) is 1.71. The molecule has 0 aliphatic heterocycles. The summed E-state index contributed by atoms with van der Waals surface area (Å²) in [4.78, 5) is 11.4.